The molecular formula is C16H33B3N4O8. The summed E-state index contributed by atoms with van der Waals surface area (Å²) in [5.41, 5.74) is -1.57. The molecule has 0 aliphatic carbocycles. The summed E-state index contributed by atoms with van der Waals surface area (Å²) in [6.45, 7) is 1.54. The van der Waals surface area contributed by atoms with Crippen LogP contribution in [0, 0.1) is 0 Å². The minimum atomic E-state index is -1.57. The van der Waals surface area contributed by atoms with Crippen LogP contribution in [0.15, 0.2) is 0 Å². The van der Waals surface area contributed by atoms with E-state index >= 15 is 0 Å². The number of hydrogen-bond acceptors (Lipinski definition) is 8. The molecule has 0 aliphatic heterocycles. The fourth-order valence-corrected chi connectivity index (χ4v) is 2.06. The van der Waals surface area contributed by atoms with Crippen LogP contribution >= 0.6 is 0 Å². The van der Waals surface area contributed by atoms with Crippen LogP contribution in [0.25, 0.3) is 0 Å². The highest BCUT2D eigenvalue weighted by Gasteiger charge is 2.38. The standard InChI is InChI=1S/C16H33B3N4O8/c1-2-28-15(27)23-16(9-29-12(24)20-6-3-17,10-30-13(25)21-7-4-18)11-31-14(26)22-8-5-19/h2-11,17-19H2,1H3,(H,20,24)(H,21,25)(H,22,26)(H,23,27). The zero-order valence-corrected chi connectivity index (χ0v) is 18.8. The van der Waals surface area contributed by atoms with Crippen molar-refractivity contribution in [3.63, 3.8) is 0 Å². The topological polar surface area (TPSA) is 153 Å². The Kier molecular flexibility index (Phi) is 15.5. The molecule has 31 heavy (non-hydrogen) atoms. The molecule has 0 spiro atoms. The molecule has 0 saturated heterocycles. The Hall–Kier alpha value is -2.73. The zero-order valence-electron chi connectivity index (χ0n) is 18.8. The highest BCUT2D eigenvalue weighted by atomic mass is 16.6. The first-order valence-electron chi connectivity index (χ1n) is 10.5. The lowest BCUT2D eigenvalue weighted by molar-refractivity contribution is 0.0125. The molecule has 12 nitrogen and oxygen atoms in total. The molecule has 174 valence electrons. The van der Waals surface area contributed by atoms with Crippen molar-refractivity contribution in [1.29, 1.82) is 0 Å². The lowest BCUT2D eigenvalue weighted by Crippen LogP contribution is -2.60. The molecule has 15 heteroatoms. The molecule has 0 aromatic heterocycles. The third-order valence-electron chi connectivity index (χ3n) is 3.64. The van der Waals surface area contributed by atoms with Crippen molar-refractivity contribution < 1.29 is 38.1 Å². The van der Waals surface area contributed by atoms with Crippen LogP contribution in [0.3, 0.4) is 0 Å². The first-order valence-corrected chi connectivity index (χ1v) is 10.5. The summed E-state index contributed by atoms with van der Waals surface area (Å²) in [7, 11) is 5.62. The van der Waals surface area contributed by atoms with E-state index in [1.54, 1.807) is 6.92 Å². The van der Waals surface area contributed by atoms with Crippen LogP contribution in [0.4, 0.5) is 19.2 Å². The Labute approximate surface area is 185 Å². The van der Waals surface area contributed by atoms with Gasteiger partial charge in [-0.3, -0.25) is 0 Å². The van der Waals surface area contributed by atoms with E-state index in [1.807, 2.05) is 23.5 Å². The van der Waals surface area contributed by atoms with Crippen LogP contribution in [0.1, 0.15) is 6.92 Å². The first kappa shape index (κ1) is 28.3. The van der Waals surface area contributed by atoms with Crippen molar-refractivity contribution in [2.75, 3.05) is 46.1 Å². The van der Waals surface area contributed by atoms with Crippen LogP contribution in [-0.2, 0) is 18.9 Å². The molecule has 0 atom stereocenters. The van der Waals surface area contributed by atoms with E-state index in [0.29, 0.717) is 38.6 Å². The van der Waals surface area contributed by atoms with Crippen LogP contribution in [0.5, 0.6) is 0 Å². The second-order valence-corrected chi connectivity index (χ2v) is 6.63. The molecule has 0 aromatic rings. The smallest absolute Gasteiger partial charge is 0.407 e. The number of amides is 4. The van der Waals surface area contributed by atoms with Crippen molar-refractivity contribution in [3.05, 3.63) is 0 Å². The molecule has 0 bridgehead atoms. The SMILES string of the molecule is BCCNC(=O)OCC(COC(=O)NCCB)(COC(=O)NCCB)NC(=O)OCC. The summed E-state index contributed by atoms with van der Waals surface area (Å²) in [6.07, 6.45) is -0.961. The molecule has 4 amide bonds. The summed E-state index contributed by atoms with van der Waals surface area (Å²) in [5, 5.41) is 10.1. The summed E-state index contributed by atoms with van der Waals surface area (Å²) >= 11 is 0. The highest BCUT2D eigenvalue weighted by molar-refractivity contribution is 6.09. The molecular weight excluding hydrogens is 409 g/mol. The normalized spacial score (nSPS) is 10.4. The van der Waals surface area contributed by atoms with Gasteiger partial charge in [-0.05, 0) is 6.92 Å². The Morgan fingerprint density at radius 1 is 0.645 bits per heavy atom. The Morgan fingerprint density at radius 2 is 1.00 bits per heavy atom. The van der Waals surface area contributed by atoms with Gasteiger partial charge in [-0.25, -0.2) is 19.2 Å². The number of carbonyl (C=O) groups is 4. The number of nitrogens with one attached hydrogen (secondary N) is 4. The van der Waals surface area contributed by atoms with E-state index in [-0.39, 0.29) is 6.61 Å². The van der Waals surface area contributed by atoms with E-state index in [4.69, 9.17) is 18.9 Å². The van der Waals surface area contributed by atoms with Crippen LogP contribution in [-0.4, -0.2) is 99.5 Å². The van der Waals surface area contributed by atoms with Crippen molar-refractivity contribution in [3.8, 4) is 0 Å². The van der Waals surface area contributed by atoms with Crippen LogP contribution < -0.4 is 21.3 Å². The molecule has 4 N–H and O–H groups in total. The summed E-state index contributed by atoms with van der Waals surface area (Å²) in [5.74, 6) is 0. The number of hydrogen-bond donors (Lipinski definition) is 4. The van der Waals surface area contributed by atoms with Crippen molar-refractivity contribution in [2.45, 2.75) is 31.4 Å². The average molecular weight is 442 g/mol. The van der Waals surface area contributed by atoms with Gasteiger partial charge in [0.2, 0.25) is 0 Å². The second-order valence-electron chi connectivity index (χ2n) is 6.63. The van der Waals surface area contributed by atoms with E-state index in [9.17, 15) is 19.2 Å². The van der Waals surface area contributed by atoms with Gasteiger partial charge in [0.05, 0.1) is 6.61 Å². The predicted octanol–water partition coefficient (Wildman–Crippen LogP) is -2.20. The van der Waals surface area contributed by atoms with Gasteiger partial charge in [0.15, 0.2) is 0 Å². The Bertz CT molecular complexity index is 511. The van der Waals surface area contributed by atoms with E-state index < -0.39 is 49.7 Å². The fourth-order valence-electron chi connectivity index (χ4n) is 2.06. The quantitative estimate of drug-likeness (QED) is 0.175. The molecule has 0 aromatic carbocycles. The minimum absolute atomic E-state index is 0.0788. The summed E-state index contributed by atoms with van der Waals surface area (Å²) < 4.78 is 20.4. The maximum absolute atomic E-state index is 12.1. The van der Waals surface area contributed by atoms with Crippen molar-refractivity contribution in [1.82, 2.24) is 21.3 Å². The number of alkyl carbamates (subject to hydrolysis) is 4. The van der Waals surface area contributed by atoms with Crippen LogP contribution in [0.2, 0.25) is 19.0 Å². The van der Waals surface area contributed by atoms with Gasteiger partial charge in [-0.15, -0.1) is 0 Å². The Morgan fingerprint density at radius 3 is 1.29 bits per heavy atom. The van der Waals surface area contributed by atoms with Gasteiger partial charge in [0.1, 0.15) is 48.9 Å². The third kappa shape index (κ3) is 14.0. The predicted molar refractivity (Wildman–Crippen MR) is 121 cm³/mol. The van der Waals surface area contributed by atoms with E-state index in [1.165, 1.54) is 0 Å². The summed E-state index contributed by atoms with van der Waals surface area (Å²) in [6, 6.07) is 0. The van der Waals surface area contributed by atoms with E-state index in [0.717, 1.165) is 0 Å². The van der Waals surface area contributed by atoms with Gasteiger partial charge in [0.25, 0.3) is 0 Å². The Balaban J connectivity index is 5.39. The molecule has 0 saturated carbocycles. The number of carbonyl (C=O) groups excluding carboxylic acids is 4. The molecule has 0 rings (SSSR count). The lowest BCUT2D eigenvalue weighted by Gasteiger charge is -2.32. The average Bonchev–Trinajstić information content (AvgIpc) is 2.75. The first-order chi connectivity index (χ1) is 14.8. The number of rotatable bonds is 14. The number of ether oxygens (including phenoxy) is 4. The van der Waals surface area contributed by atoms with E-state index in [2.05, 4.69) is 21.3 Å². The van der Waals surface area contributed by atoms with Crippen molar-refractivity contribution >= 4 is 47.9 Å². The molecule has 0 aliphatic rings. The van der Waals surface area contributed by atoms with Crippen molar-refractivity contribution in [2.24, 2.45) is 0 Å². The highest BCUT2D eigenvalue weighted by Crippen LogP contribution is 2.11. The summed E-state index contributed by atoms with van der Waals surface area (Å²) in [4.78, 5) is 47.8. The van der Waals surface area contributed by atoms with Gasteiger partial charge >= 0.3 is 24.4 Å². The van der Waals surface area contributed by atoms with Gasteiger partial charge < -0.3 is 40.2 Å². The monoisotopic (exact) mass is 442 g/mol. The largest absolute Gasteiger partial charge is 0.450 e. The van der Waals surface area contributed by atoms with Gasteiger partial charge in [-0.2, -0.15) is 0 Å². The molecule has 0 heterocycles. The maximum atomic E-state index is 12.1. The second kappa shape index (κ2) is 17.0. The minimum Gasteiger partial charge on any atom is -0.450 e. The lowest BCUT2D eigenvalue weighted by atomic mass is 10.0. The van der Waals surface area contributed by atoms with Gasteiger partial charge in [0, 0.05) is 19.6 Å². The zero-order chi connectivity index (χ0) is 23.5. The van der Waals surface area contributed by atoms with Gasteiger partial charge in [-0.1, -0.05) is 19.0 Å². The fraction of sp³-hybridized carbons (Fsp3) is 0.750. The molecule has 0 radical (unpaired) electrons. The third-order valence-corrected chi connectivity index (χ3v) is 3.64. The molecule has 0 fully saturated rings. The molecule has 0 unspecified atom stereocenters. The maximum Gasteiger partial charge on any atom is 0.407 e.